The molecule has 0 spiro atoms. The zero-order valence-electron chi connectivity index (χ0n) is 33.1. The van der Waals surface area contributed by atoms with Crippen molar-refractivity contribution in [3.05, 3.63) is 224 Å². The lowest BCUT2D eigenvalue weighted by atomic mass is 9.90. The molecule has 0 radical (unpaired) electrons. The van der Waals surface area contributed by atoms with E-state index in [2.05, 4.69) is 217 Å². The van der Waals surface area contributed by atoms with Gasteiger partial charge in [-0.25, -0.2) is 0 Å². The van der Waals surface area contributed by atoms with Crippen molar-refractivity contribution in [2.75, 3.05) is 4.90 Å². The number of rotatable bonds is 7. The van der Waals surface area contributed by atoms with Crippen molar-refractivity contribution in [3.63, 3.8) is 0 Å². The fourth-order valence-electron chi connectivity index (χ4n) is 9.39. The predicted octanol–water partition coefficient (Wildman–Crippen LogP) is 17.2. The van der Waals surface area contributed by atoms with Gasteiger partial charge in [-0.2, -0.15) is 0 Å². The maximum Gasteiger partial charge on any atom is 0.136 e. The summed E-state index contributed by atoms with van der Waals surface area (Å²) < 4.78 is 8.90. The van der Waals surface area contributed by atoms with Gasteiger partial charge in [-0.3, -0.25) is 0 Å². The Balaban J connectivity index is 1.10. The van der Waals surface area contributed by atoms with Crippen LogP contribution in [0.2, 0.25) is 0 Å². The molecule has 0 fully saturated rings. The number of nitrogens with zero attached hydrogens (tertiary/aromatic N) is 1. The summed E-state index contributed by atoms with van der Waals surface area (Å²) in [7, 11) is 0. The van der Waals surface area contributed by atoms with Crippen molar-refractivity contribution in [3.8, 4) is 44.5 Å². The highest BCUT2D eigenvalue weighted by Crippen LogP contribution is 2.49. The second-order valence-corrected chi connectivity index (χ2v) is 16.6. The minimum atomic E-state index is 0.896. The van der Waals surface area contributed by atoms with Crippen LogP contribution >= 0.6 is 11.3 Å². The molecule has 0 amide bonds. The lowest BCUT2D eigenvalue weighted by Gasteiger charge is -2.30. The molecule has 0 saturated carbocycles. The van der Waals surface area contributed by atoms with Gasteiger partial charge in [-0.05, 0) is 81.1 Å². The van der Waals surface area contributed by atoms with Gasteiger partial charge in [0.25, 0.3) is 0 Å². The van der Waals surface area contributed by atoms with Gasteiger partial charge < -0.3 is 9.32 Å². The second kappa shape index (κ2) is 14.5. The molecule has 2 aromatic heterocycles. The summed E-state index contributed by atoms with van der Waals surface area (Å²) in [5.74, 6) is 0. The molecule has 0 aliphatic carbocycles. The third-order valence-electron chi connectivity index (χ3n) is 12.1. The molecule has 12 rings (SSSR count). The summed E-state index contributed by atoms with van der Waals surface area (Å²) in [6, 6.07) is 81.2. The van der Waals surface area contributed by atoms with Gasteiger partial charge in [-0.15, -0.1) is 11.3 Å². The van der Waals surface area contributed by atoms with Crippen molar-refractivity contribution in [2.24, 2.45) is 0 Å². The second-order valence-electron chi connectivity index (χ2n) is 15.5. The normalized spacial score (nSPS) is 11.6. The van der Waals surface area contributed by atoms with Crippen LogP contribution in [0, 0.1) is 0 Å². The van der Waals surface area contributed by atoms with Gasteiger partial charge in [0.15, 0.2) is 0 Å². The Morgan fingerprint density at radius 1 is 0.328 bits per heavy atom. The predicted molar refractivity (Wildman–Crippen MR) is 261 cm³/mol. The number of anilines is 3. The Morgan fingerprint density at radius 3 is 1.64 bits per heavy atom. The number of thiophene rings is 1. The zero-order valence-corrected chi connectivity index (χ0v) is 33.9. The van der Waals surface area contributed by atoms with Crippen LogP contribution < -0.4 is 4.90 Å². The largest absolute Gasteiger partial charge is 0.456 e. The topological polar surface area (TPSA) is 16.4 Å². The highest BCUT2D eigenvalue weighted by atomic mass is 32.1. The first kappa shape index (κ1) is 35.2. The number of hydrogen-bond donors (Lipinski definition) is 0. The van der Waals surface area contributed by atoms with Crippen LogP contribution in [-0.4, -0.2) is 0 Å². The van der Waals surface area contributed by atoms with Crippen molar-refractivity contribution in [2.45, 2.75) is 0 Å². The number of benzene rings is 10. The molecule has 12 aromatic rings. The Labute approximate surface area is 357 Å². The molecular weight excluding hydrogens is 759 g/mol. The highest BCUT2D eigenvalue weighted by Gasteiger charge is 2.23. The Morgan fingerprint density at radius 2 is 0.852 bits per heavy atom. The van der Waals surface area contributed by atoms with Crippen molar-refractivity contribution >= 4 is 81.3 Å². The van der Waals surface area contributed by atoms with Crippen LogP contribution in [0.5, 0.6) is 0 Å². The molecule has 286 valence electrons. The molecule has 0 N–H and O–H groups in total. The number of hydrogen-bond acceptors (Lipinski definition) is 3. The lowest BCUT2D eigenvalue weighted by molar-refractivity contribution is 0.669. The number of para-hydroxylation sites is 3. The van der Waals surface area contributed by atoms with Gasteiger partial charge in [0.05, 0.1) is 11.4 Å². The molecule has 0 bridgehead atoms. The number of fused-ring (bicyclic) bond motifs is 7. The van der Waals surface area contributed by atoms with E-state index >= 15 is 0 Å². The Bertz CT molecular complexity index is 3590. The average Bonchev–Trinajstić information content (AvgIpc) is 3.91. The lowest BCUT2D eigenvalue weighted by Crippen LogP contribution is -2.12. The molecular formula is C58H37NOS. The summed E-state index contributed by atoms with van der Waals surface area (Å²) in [5.41, 5.74) is 14.5. The summed E-state index contributed by atoms with van der Waals surface area (Å²) in [4.78, 5) is 2.47. The fraction of sp³-hybridized carbons (Fsp3) is 0. The summed E-state index contributed by atoms with van der Waals surface area (Å²) >= 11 is 1.87. The molecule has 2 nitrogen and oxygen atoms in total. The zero-order chi connectivity index (χ0) is 40.3. The van der Waals surface area contributed by atoms with E-state index in [1.54, 1.807) is 0 Å². The van der Waals surface area contributed by atoms with E-state index in [9.17, 15) is 0 Å². The summed E-state index contributed by atoms with van der Waals surface area (Å²) in [6.07, 6.45) is 0. The van der Waals surface area contributed by atoms with Gasteiger partial charge in [0, 0.05) is 53.3 Å². The van der Waals surface area contributed by atoms with E-state index in [0.717, 1.165) is 55.7 Å². The average molecular weight is 796 g/mol. The molecule has 10 aromatic carbocycles. The third-order valence-corrected chi connectivity index (χ3v) is 13.3. The van der Waals surface area contributed by atoms with Crippen molar-refractivity contribution in [1.29, 1.82) is 0 Å². The molecule has 0 aliphatic rings. The van der Waals surface area contributed by atoms with E-state index in [1.165, 1.54) is 58.8 Å². The summed E-state index contributed by atoms with van der Waals surface area (Å²) in [5, 5.41) is 7.30. The smallest absolute Gasteiger partial charge is 0.136 e. The Hall–Kier alpha value is -7.72. The SMILES string of the molecule is c1ccc(-c2cccc3cccc(-c4ccccc4N(c4ccc(-c5cccc6oc7ccccc7c56)cc4)c4ccccc4-c4cccc5c4sc4ccccc45)c23)cc1. The monoisotopic (exact) mass is 795 g/mol. The van der Waals surface area contributed by atoms with Crippen LogP contribution in [0.3, 0.4) is 0 Å². The molecule has 3 heteroatoms. The first-order valence-corrected chi connectivity index (χ1v) is 21.6. The first-order valence-electron chi connectivity index (χ1n) is 20.8. The van der Waals surface area contributed by atoms with Gasteiger partial charge in [0.2, 0.25) is 0 Å². The van der Waals surface area contributed by atoms with E-state index in [4.69, 9.17) is 4.42 Å². The van der Waals surface area contributed by atoms with Crippen LogP contribution in [0.1, 0.15) is 0 Å². The molecule has 0 unspecified atom stereocenters. The maximum atomic E-state index is 6.31. The molecule has 0 atom stereocenters. The first-order chi connectivity index (χ1) is 30.3. The number of furan rings is 1. The van der Waals surface area contributed by atoms with Crippen LogP contribution in [0.25, 0.3) is 97.4 Å². The minimum Gasteiger partial charge on any atom is -0.456 e. The molecule has 0 saturated heterocycles. The quantitative estimate of drug-likeness (QED) is 0.160. The van der Waals surface area contributed by atoms with Crippen molar-refractivity contribution in [1.82, 2.24) is 0 Å². The van der Waals surface area contributed by atoms with Crippen LogP contribution in [0.4, 0.5) is 17.1 Å². The Kier molecular flexibility index (Phi) is 8.39. The van der Waals surface area contributed by atoms with E-state index < -0.39 is 0 Å². The van der Waals surface area contributed by atoms with E-state index in [1.807, 2.05) is 23.5 Å². The molecule has 61 heavy (non-hydrogen) atoms. The molecule has 2 heterocycles. The van der Waals surface area contributed by atoms with Crippen LogP contribution in [-0.2, 0) is 0 Å². The maximum absolute atomic E-state index is 6.31. The van der Waals surface area contributed by atoms with Gasteiger partial charge >= 0.3 is 0 Å². The minimum absolute atomic E-state index is 0.896. The molecule has 0 aliphatic heterocycles. The van der Waals surface area contributed by atoms with E-state index in [0.29, 0.717) is 0 Å². The van der Waals surface area contributed by atoms with Gasteiger partial charge in [-0.1, -0.05) is 182 Å². The third kappa shape index (κ3) is 5.85. The van der Waals surface area contributed by atoms with Gasteiger partial charge in [0.1, 0.15) is 11.2 Å². The highest BCUT2D eigenvalue weighted by molar-refractivity contribution is 7.26. The van der Waals surface area contributed by atoms with Crippen molar-refractivity contribution < 1.29 is 4.42 Å². The van der Waals surface area contributed by atoms with Crippen LogP contribution in [0.15, 0.2) is 229 Å². The van der Waals surface area contributed by atoms with E-state index in [-0.39, 0.29) is 0 Å². The standard InChI is InChI=1S/C58H37NOS/c1-2-16-38(17-3-1)42-24-12-18-40-19-13-26-47(56(40)42)44-20-4-8-29-51(44)59(41-36-34-39(35-37-41)43-25-15-32-54-57(43)50-23-6-10-31-53(50)60-54)52-30-9-5-21-45(52)48-27-14-28-49-46-22-7-11-33-55(46)61-58(48)49/h1-37H. The fourth-order valence-corrected chi connectivity index (χ4v) is 10.6. The summed E-state index contributed by atoms with van der Waals surface area (Å²) in [6.45, 7) is 0.